The van der Waals surface area contributed by atoms with E-state index < -0.39 is 23.3 Å². The summed E-state index contributed by atoms with van der Waals surface area (Å²) in [7, 11) is 0. The van der Waals surface area contributed by atoms with Crippen LogP contribution in [0.2, 0.25) is 0 Å². The smallest absolute Gasteiger partial charge is 0.310 e. The molecule has 0 unspecified atom stereocenters. The van der Waals surface area contributed by atoms with Gasteiger partial charge in [-0.1, -0.05) is 30.3 Å². The normalized spacial score (nSPS) is 9.76. The van der Waals surface area contributed by atoms with E-state index in [1.807, 2.05) is 6.07 Å². The maximum Gasteiger partial charge on any atom is 0.310 e. The zero-order valence-corrected chi connectivity index (χ0v) is 13.0. The Hall–Kier alpha value is -3.62. The molecule has 2 aromatic carbocycles. The molecular formula is C16H15N3O6. The van der Waals surface area contributed by atoms with Crippen molar-refractivity contribution in [2.45, 2.75) is 0 Å². The summed E-state index contributed by atoms with van der Waals surface area (Å²) in [6.07, 6.45) is 0. The summed E-state index contributed by atoms with van der Waals surface area (Å²) in [4.78, 5) is 33.4. The number of para-hydroxylation sites is 3. The Morgan fingerprint density at radius 1 is 0.880 bits per heavy atom. The van der Waals surface area contributed by atoms with E-state index in [4.69, 9.17) is 9.47 Å². The third-order valence-corrected chi connectivity index (χ3v) is 2.88. The van der Waals surface area contributed by atoms with E-state index in [1.165, 1.54) is 18.2 Å². The minimum atomic E-state index is -0.675. The number of benzene rings is 2. The van der Waals surface area contributed by atoms with Crippen LogP contribution in [0.5, 0.6) is 11.5 Å². The Bertz CT molecular complexity index is 751. The number of nitro benzene ring substituents is 1. The Morgan fingerprint density at radius 3 is 2.08 bits per heavy atom. The van der Waals surface area contributed by atoms with Crippen molar-refractivity contribution in [3.05, 3.63) is 64.7 Å². The number of nitro groups is 1. The number of carbonyl (C=O) groups excluding carboxylic acids is 2. The highest BCUT2D eigenvalue weighted by molar-refractivity contribution is 5.83. The van der Waals surface area contributed by atoms with E-state index in [2.05, 4.69) is 10.9 Å². The van der Waals surface area contributed by atoms with Crippen LogP contribution in [0.4, 0.5) is 5.69 Å². The Labute approximate surface area is 142 Å². The van der Waals surface area contributed by atoms with E-state index >= 15 is 0 Å². The zero-order chi connectivity index (χ0) is 18.1. The molecule has 0 bridgehead atoms. The van der Waals surface area contributed by atoms with Crippen LogP contribution in [0.25, 0.3) is 0 Å². The van der Waals surface area contributed by atoms with Gasteiger partial charge in [0.1, 0.15) is 5.75 Å². The average molecular weight is 345 g/mol. The van der Waals surface area contributed by atoms with E-state index in [-0.39, 0.29) is 18.0 Å². The molecule has 2 aromatic rings. The second kappa shape index (κ2) is 8.87. The standard InChI is InChI=1S/C16H15N3O6/c20-15(10-24-12-6-2-1-3-7-12)17-18-16(21)11-25-14-9-5-4-8-13(14)19(22)23/h1-9H,10-11H2,(H,17,20)(H,18,21). The monoisotopic (exact) mass is 345 g/mol. The van der Waals surface area contributed by atoms with Gasteiger partial charge in [0.05, 0.1) is 4.92 Å². The molecule has 0 atom stereocenters. The maximum absolute atomic E-state index is 11.6. The van der Waals surface area contributed by atoms with Crippen molar-refractivity contribution in [2.24, 2.45) is 0 Å². The van der Waals surface area contributed by atoms with Gasteiger partial charge >= 0.3 is 5.69 Å². The van der Waals surface area contributed by atoms with Crippen LogP contribution in [-0.2, 0) is 9.59 Å². The molecule has 0 saturated heterocycles. The van der Waals surface area contributed by atoms with Crippen LogP contribution in [0, 0.1) is 10.1 Å². The molecular weight excluding hydrogens is 330 g/mol. The molecule has 0 saturated carbocycles. The van der Waals surface area contributed by atoms with Crippen LogP contribution in [-0.4, -0.2) is 30.0 Å². The summed E-state index contributed by atoms with van der Waals surface area (Å²) in [6, 6.07) is 14.4. The Morgan fingerprint density at radius 2 is 1.44 bits per heavy atom. The van der Waals surface area contributed by atoms with Crippen molar-refractivity contribution in [2.75, 3.05) is 13.2 Å². The summed E-state index contributed by atoms with van der Waals surface area (Å²) in [5.41, 5.74) is 4.02. The first-order chi connectivity index (χ1) is 12.1. The van der Waals surface area contributed by atoms with Crippen molar-refractivity contribution in [3.8, 4) is 11.5 Å². The van der Waals surface area contributed by atoms with Gasteiger partial charge in [0.15, 0.2) is 19.0 Å². The third-order valence-electron chi connectivity index (χ3n) is 2.88. The van der Waals surface area contributed by atoms with Crippen LogP contribution in [0.3, 0.4) is 0 Å². The van der Waals surface area contributed by atoms with Crippen molar-refractivity contribution < 1.29 is 24.0 Å². The van der Waals surface area contributed by atoms with Gasteiger partial charge in [-0.3, -0.25) is 30.6 Å². The molecule has 0 heterocycles. The van der Waals surface area contributed by atoms with Crippen LogP contribution < -0.4 is 20.3 Å². The highest BCUT2D eigenvalue weighted by atomic mass is 16.6. The van der Waals surface area contributed by atoms with Crippen LogP contribution >= 0.6 is 0 Å². The fourth-order valence-electron chi connectivity index (χ4n) is 1.75. The molecule has 9 heteroatoms. The molecule has 2 N–H and O–H groups in total. The molecule has 0 aliphatic rings. The molecule has 2 rings (SSSR count). The first-order valence-electron chi connectivity index (χ1n) is 7.18. The molecule has 0 spiro atoms. The molecule has 25 heavy (non-hydrogen) atoms. The number of hydrogen-bond acceptors (Lipinski definition) is 6. The average Bonchev–Trinajstić information content (AvgIpc) is 2.64. The minimum absolute atomic E-state index is 0.0404. The second-order valence-corrected chi connectivity index (χ2v) is 4.71. The fraction of sp³-hybridized carbons (Fsp3) is 0.125. The highest BCUT2D eigenvalue weighted by Gasteiger charge is 2.15. The van der Waals surface area contributed by atoms with E-state index in [0.29, 0.717) is 5.75 Å². The van der Waals surface area contributed by atoms with Gasteiger partial charge in [0, 0.05) is 6.07 Å². The van der Waals surface area contributed by atoms with Gasteiger partial charge in [-0.15, -0.1) is 0 Å². The number of ether oxygens (including phenoxy) is 2. The molecule has 0 radical (unpaired) electrons. The Kier molecular flexibility index (Phi) is 6.29. The van der Waals surface area contributed by atoms with Crippen LogP contribution in [0.1, 0.15) is 0 Å². The number of amides is 2. The van der Waals surface area contributed by atoms with Crippen molar-refractivity contribution in [1.29, 1.82) is 0 Å². The SMILES string of the molecule is O=C(COc1ccccc1)NNC(=O)COc1ccccc1[N+](=O)[O-]. The van der Waals surface area contributed by atoms with Gasteiger partial charge < -0.3 is 9.47 Å². The van der Waals surface area contributed by atoms with E-state index in [9.17, 15) is 19.7 Å². The number of hydrogen-bond donors (Lipinski definition) is 2. The van der Waals surface area contributed by atoms with Gasteiger partial charge in [0.2, 0.25) is 0 Å². The molecule has 0 aliphatic carbocycles. The predicted molar refractivity (Wildman–Crippen MR) is 86.8 cm³/mol. The zero-order valence-electron chi connectivity index (χ0n) is 13.0. The number of carbonyl (C=O) groups is 2. The molecule has 0 aliphatic heterocycles. The van der Waals surface area contributed by atoms with E-state index in [1.54, 1.807) is 30.3 Å². The number of nitrogens with zero attached hydrogens (tertiary/aromatic N) is 1. The van der Waals surface area contributed by atoms with Crippen molar-refractivity contribution >= 4 is 17.5 Å². The quantitative estimate of drug-likeness (QED) is 0.575. The topological polar surface area (TPSA) is 120 Å². The lowest BCUT2D eigenvalue weighted by Crippen LogP contribution is -2.45. The molecule has 0 fully saturated rings. The lowest BCUT2D eigenvalue weighted by atomic mass is 10.3. The fourth-order valence-corrected chi connectivity index (χ4v) is 1.75. The largest absolute Gasteiger partial charge is 0.484 e. The summed E-state index contributed by atoms with van der Waals surface area (Å²) < 4.78 is 10.3. The summed E-state index contributed by atoms with van der Waals surface area (Å²) in [6.45, 7) is -0.778. The molecule has 9 nitrogen and oxygen atoms in total. The van der Waals surface area contributed by atoms with Gasteiger partial charge in [-0.05, 0) is 18.2 Å². The van der Waals surface area contributed by atoms with Crippen LogP contribution in [0.15, 0.2) is 54.6 Å². The predicted octanol–water partition coefficient (Wildman–Crippen LogP) is 1.20. The van der Waals surface area contributed by atoms with E-state index in [0.717, 1.165) is 0 Å². The highest BCUT2D eigenvalue weighted by Crippen LogP contribution is 2.25. The molecule has 0 aromatic heterocycles. The molecule has 2 amide bonds. The van der Waals surface area contributed by atoms with Crippen molar-refractivity contribution in [1.82, 2.24) is 10.9 Å². The lowest BCUT2D eigenvalue weighted by molar-refractivity contribution is -0.385. The van der Waals surface area contributed by atoms with Gasteiger partial charge in [-0.25, -0.2) is 0 Å². The first kappa shape index (κ1) is 17.7. The third kappa shape index (κ3) is 5.82. The number of hydrazine groups is 1. The summed E-state index contributed by atoms with van der Waals surface area (Å²) in [5, 5.41) is 10.8. The second-order valence-electron chi connectivity index (χ2n) is 4.71. The minimum Gasteiger partial charge on any atom is -0.484 e. The van der Waals surface area contributed by atoms with Crippen molar-refractivity contribution in [3.63, 3.8) is 0 Å². The lowest BCUT2D eigenvalue weighted by Gasteiger charge is -2.09. The van der Waals surface area contributed by atoms with Gasteiger partial charge in [-0.2, -0.15) is 0 Å². The number of nitrogens with one attached hydrogen (secondary N) is 2. The number of rotatable bonds is 7. The van der Waals surface area contributed by atoms with Gasteiger partial charge in [0.25, 0.3) is 11.8 Å². The first-order valence-corrected chi connectivity index (χ1v) is 7.18. The summed E-state index contributed by atoms with van der Waals surface area (Å²) in [5.74, 6) is -0.765. The molecule has 130 valence electrons. The Balaban J connectivity index is 1.72. The summed E-state index contributed by atoms with van der Waals surface area (Å²) >= 11 is 0. The maximum atomic E-state index is 11.6.